The summed E-state index contributed by atoms with van der Waals surface area (Å²) in [6.07, 6.45) is 2.99. The Kier molecular flexibility index (Phi) is 12.2. The highest BCUT2D eigenvalue weighted by Gasteiger charge is 2.42. The maximum absolute atomic E-state index is 13.0. The minimum Gasteiger partial charge on any atom is -0.404 e. The third-order valence-electron chi connectivity index (χ3n) is 7.90. The maximum Gasteiger partial charge on any atom is 0.530 e. The number of methoxy groups -OCH3 is 1. The van der Waals surface area contributed by atoms with Crippen LogP contribution < -0.4 is 27.0 Å². The van der Waals surface area contributed by atoms with Crippen LogP contribution in [0.15, 0.2) is 55.8 Å². The number of aromatic nitrogens is 4. The number of nitrogens with zero attached hydrogens (tertiary/aromatic N) is 2. The Morgan fingerprint density at radius 2 is 1.30 bits per heavy atom. The summed E-state index contributed by atoms with van der Waals surface area (Å²) in [7, 11) is -1.09. The number of nitrogens with one attached hydrogen (secondary N) is 2. The van der Waals surface area contributed by atoms with Crippen molar-refractivity contribution in [3.05, 3.63) is 94.5 Å². The van der Waals surface area contributed by atoms with E-state index in [0.717, 1.165) is 6.42 Å². The second kappa shape index (κ2) is 15.7. The highest BCUT2D eigenvalue weighted by Crippen LogP contribution is 2.52. The molecule has 2 N–H and O–H groups in total. The van der Waals surface area contributed by atoms with Gasteiger partial charge in [0.2, 0.25) is 0 Å². The molecule has 258 valence electrons. The molecule has 2 aliphatic heterocycles. The van der Waals surface area contributed by atoms with Gasteiger partial charge in [0.25, 0.3) is 11.1 Å². The predicted octanol–water partition coefficient (Wildman–Crippen LogP) is 3.97. The summed E-state index contributed by atoms with van der Waals surface area (Å²) in [6, 6.07) is 6.27. The molecule has 0 radical (unpaired) electrons. The first-order chi connectivity index (χ1) is 22.3. The van der Waals surface area contributed by atoms with E-state index in [2.05, 4.69) is 9.97 Å². The van der Waals surface area contributed by atoms with Gasteiger partial charge in [-0.1, -0.05) is 25.4 Å². The quantitative estimate of drug-likeness (QED) is 0.292. The topological polar surface area (TPSA) is 182 Å². The number of hydrogen-bond acceptors (Lipinski definition) is 11. The molecule has 0 bridgehead atoms. The minimum absolute atomic E-state index is 0.0147. The first-order valence-corrected chi connectivity index (χ1v) is 16.9. The number of hydrogen-bond donors (Lipinski definition) is 2. The molecule has 0 spiro atoms. The second-order valence-corrected chi connectivity index (χ2v) is 13.2. The predicted molar refractivity (Wildman–Crippen MR) is 172 cm³/mol. The molecule has 0 aliphatic carbocycles. The summed E-state index contributed by atoms with van der Waals surface area (Å²) in [5.41, 5.74) is -0.976. The average Bonchev–Trinajstić information content (AvgIpc) is 3.65. The van der Waals surface area contributed by atoms with Gasteiger partial charge in [-0.05, 0) is 51.0 Å². The van der Waals surface area contributed by atoms with E-state index in [-0.39, 0.29) is 36.2 Å². The van der Waals surface area contributed by atoms with Crippen molar-refractivity contribution in [2.75, 3.05) is 14.2 Å². The Labute approximate surface area is 275 Å². The first-order valence-electron chi connectivity index (χ1n) is 15.1. The number of H-pyrrole nitrogens is 2. The number of aryl methyl sites for hydroxylation is 2. The number of aromatic amines is 2. The molecular formula is C30H40ClN4O11P. The van der Waals surface area contributed by atoms with Crippen LogP contribution in [-0.2, 0) is 27.8 Å². The van der Waals surface area contributed by atoms with E-state index in [1.807, 2.05) is 13.8 Å². The molecule has 2 saturated heterocycles. The molecule has 15 nitrogen and oxygen atoms in total. The van der Waals surface area contributed by atoms with Crippen LogP contribution in [0.1, 0.15) is 63.1 Å². The number of ether oxygens (including phenoxy) is 3. The maximum atomic E-state index is 13.0. The lowest BCUT2D eigenvalue weighted by molar-refractivity contribution is -0.0302. The molecule has 2 fully saturated rings. The smallest absolute Gasteiger partial charge is 0.404 e. The van der Waals surface area contributed by atoms with Crippen molar-refractivity contribution < 1.29 is 32.3 Å². The minimum atomic E-state index is -3.95. The molecule has 3 aromatic rings. The summed E-state index contributed by atoms with van der Waals surface area (Å²) in [4.78, 5) is 51.4. The van der Waals surface area contributed by atoms with Crippen LogP contribution in [0.3, 0.4) is 0 Å². The Balaban J connectivity index is 0.000000238. The van der Waals surface area contributed by atoms with E-state index in [9.17, 15) is 23.7 Å². The van der Waals surface area contributed by atoms with Crippen molar-refractivity contribution in [1.82, 2.24) is 19.1 Å². The fourth-order valence-corrected chi connectivity index (χ4v) is 6.58. The lowest BCUT2D eigenvalue weighted by atomic mass is 10.1. The van der Waals surface area contributed by atoms with Gasteiger partial charge in [-0.2, -0.15) is 0 Å². The summed E-state index contributed by atoms with van der Waals surface area (Å²) in [5.74, 6) is 0.274. The van der Waals surface area contributed by atoms with Gasteiger partial charge in [0.1, 0.15) is 24.3 Å². The molecule has 47 heavy (non-hydrogen) atoms. The van der Waals surface area contributed by atoms with Crippen LogP contribution >= 0.6 is 19.4 Å². The van der Waals surface area contributed by atoms with Gasteiger partial charge in [-0.3, -0.25) is 37.7 Å². The summed E-state index contributed by atoms with van der Waals surface area (Å²) in [5, 5.41) is 0.505. The van der Waals surface area contributed by atoms with Crippen LogP contribution in [0.5, 0.6) is 5.75 Å². The van der Waals surface area contributed by atoms with E-state index >= 15 is 0 Å². The third-order valence-corrected chi connectivity index (χ3v) is 9.56. The van der Waals surface area contributed by atoms with Gasteiger partial charge < -0.3 is 18.7 Å². The first kappa shape index (κ1) is 36.5. The van der Waals surface area contributed by atoms with Crippen LogP contribution in [0.25, 0.3) is 0 Å². The highest BCUT2D eigenvalue weighted by molar-refractivity contribution is 7.48. The van der Waals surface area contributed by atoms with Crippen LogP contribution in [0, 0.1) is 13.8 Å². The monoisotopic (exact) mass is 698 g/mol. The van der Waals surface area contributed by atoms with Gasteiger partial charge in [-0.25, -0.2) is 14.2 Å². The lowest BCUT2D eigenvalue weighted by Crippen LogP contribution is -2.33. The van der Waals surface area contributed by atoms with Crippen LogP contribution in [-0.4, -0.2) is 57.7 Å². The average molecular weight is 699 g/mol. The summed E-state index contributed by atoms with van der Waals surface area (Å²) >= 11 is 5.85. The van der Waals surface area contributed by atoms with Gasteiger partial charge in [0.15, 0.2) is 0 Å². The zero-order valence-corrected chi connectivity index (χ0v) is 28.6. The van der Waals surface area contributed by atoms with Crippen molar-refractivity contribution in [1.29, 1.82) is 0 Å². The normalized spacial score (nSPS) is 25.2. The molecule has 0 saturated carbocycles. The molecule has 2 aliphatic rings. The Morgan fingerprint density at radius 3 is 1.72 bits per heavy atom. The van der Waals surface area contributed by atoms with Crippen LogP contribution in [0.2, 0.25) is 5.02 Å². The van der Waals surface area contributed by atoms with Crippen molar-refractivity contribution in [3.8, 4) is 5.75 Å². The number of phosphoric ester groups is 1. The molecule has 7 unspecified atom stereocenters. The summed E-state index contributed by atoms with van der Waals surface area (Å²) in [6.45, 7) is 7.14. The van der Waals surface area contributed by atoms with Crippen LogP contribution in [0.4, 0.5) is 0 Å². The van der Waals surface area contributed by atoms with E-state index in [0.29, 0.717) is 29.0 Å². The van der Waals surface area contributed by atoms with E-state index in [1.54, 1.807) is 45.2 Å². The number of benzene rings is 1. The van der Waals surface area contributed by atoms with Crippen molar-refractivity contribution in [2.45, 2.75) is 90.2 Å². The largest absolute Gasteiger partial charge is 0.530 e. The third kappa shape index (κ3) is 8.79. The molecule has 1 aromatic carbocycles. The van der Waals surface area contributed by atoms with Crippen molar-refractivity contribution >= 4 is 19.4 Å². The number of phosphoric acid groups is 1. The Hall–Kier alpha value is -3.30. The zero-order chi connectivity index (χ0) is 34.5. The molecule has 7 atom stereocenters. The van der Waals surface area contributed by atoms with Gasteiger partial charge in [-0.15, -0.1) is 0 Å². The fourth-order valence-electron chi connectivity index (χ4n) is 5.32. The number of rotatable bonds is 10. The number of halogens is 1. The standard InChI is InChI=1S/C18H22ClN2O7P.C12H18N2O4/c1-4-14-15(9-16(26-14)21-10-11(2)17(22)20-18(21)23)28-29(24,25-3)27-13-7-5-12(19)6-8-13;1-4-8-9(17-3)5-10(18-8)14-6-7(2)11(15)13-12(14)16/h5-8,10,14-16H,4,9H2,1-3H3,(H,20,22,23);6,8-10H,4-5H2,1-3H3,(H,13,15,16). The van der Waals surface area contributed by atoms with E-state index in [1.165, 1.54) is 28.6 Å². The van der Waals surface area contributed by atoms with Gasteiger partial charge >= 0.3 is 19.2 Å². The highest BCUT2D eigenvalue weighted by atomic mass is 35.5. The summed E-state index contributed by atoms with van der Waals surface area (Å²) < 4.78 is 48.9. The van der Waals surface area contributed by atoms with E-state index in [4.69, 9.17) is 39.4 Å². The SMILES string of the molecule is CCC1OC(n2cc(C)c(=O)[nH]c2=O)CC1OC.CCC1OC(n2cc(C)c(=O)[nH]c2=O)CC1OP(=O)(OC)Oc1ccc(Cl)cc1. The zero-order valence-electron chi connectivity index (χ0n) is 27.0. The van der Waals surface area contributed by atoms with Gasteiger partial charge in [0, 0.05) is 55.6 Å². The van der Waals surface area contributed by atoms with E-state index < -0.39 is 43.2 Å². The molecule has 5 rings (SSSR count). The second-order valence-electron chi connectivity index (χ2n) is 11.1. The lowest BCUT2D eigenvalue weighted by Gasteiger charge is -2.22. The Morgan fingerprint density at radius 1 is 0.830 bits per heavy atom. The molecule has 2 aromatic heterocycles. The molecular weight excluding hydrogens is 659 g/mol. The van der Waals surface area contributed by atoms with Gasteiger partial charge in [0.05, 0.1) is 18.3 Å². The molecule has 4 heterocycles. The fraction of sp³-hybridized carbons (Fsp3) is 0.533. The van der Waals surface area contributed by atoms with Crippen molar-refractivity contribution in [2.24, 2.45) is 0 Å². The molecule has 17 heteroatoms. The van der Waals surface area contributed by atoms with Crippen molar-refractivity contribution in [3.63, 3.8) is 0 Å². The molecule has 0 amide bonds. The Bertz CT molecular complexity index is 1790.